The first-order valence-corrected chi connectivity index (χ1v) is 11.5. The number of carbonyl (C=O) groups is 1. The first-order valence-electron chi connectivity index (χ1n) is 10.0. The highest BCUT2D eigenvalue weighted by Crippen LogP contribution is 2.49. The van der Waals surface area contributed by atoms with Crippen LogP contribution >= 0.6 is 7.82 Å². The van der Waals surface area contributed by atoms with Gasteiger partial charge in [0.25, 0.3) is 0 Å². The number of hydrogen-bond acceptors (Lipinski definition) is 6. The van der Waals surface area contributed by atoms with E-state index in [1.807, 2.05) is 38.1 Å². The van der Waals surface area contributed by atoms with Crippen molar-refractivity contribution in [1.82, 2.24) is 0 Å². The van der Waals surface area contributed by atoms with E-state index in [4.69, 9.17) is 18.3 Å². The molecule has 0 radical (unpaired) electrons. The molecule has 166 valence electrons. The van der Waals surface area contributed by atoms with Gasteiger partial charge < -0.3 is 13.8 Å². The molecule has 0 saturated carbocycles. The molecule has 0 N–H and O–H groups in total. The third kappa shape index (κ3) is 10.2. The van der Waals surface area contributed by atoms with Crippen LogP contribution in [-0.4, -0.2) is 19.2 Å². The Morgan fingerprint density at radius 2 is 1.39 bits per heavy atom. The summed E-state index contributed by atoms with van der Waals surface area (Å²) in [7, 11) is -3.89. The molecule has 0 amide bonds. The summed E-state index contributed by atoms with van der Waals surface area (Å²) < 4.78 is 35.0. The Morgan fingerprint density at radius 1 is 0.839 bits per heavy atom. The summed E-state index contributed by atoms with van der Waals surface area (Å²) in [5, 5.41) is 0. The maximum atomic E-state index is 13.3. The van der Waals surface area contributed by atoms with Gasteiger partial charge in [-0.25, -0.2) is 4.57 Å². The van der Waals surface area contributed by atoms with Gasteiger partial charge in [0, 0.05) is 6.92 Å². The number of hydrogen-bond donors (Lipinski definition) is 0. The Bertz CT molecular complexity index is 876. The Kier molecular flexibility index (Phi) is 10.1. The van der Waals surface area contributed by atoms with Crippen molar-refractivity contribution >= 4 is 13.8 Å². The molecule has 7 heteroatoms. The molecule has 6 nitrogen and oxygen atoms in total. The van der Waals surface area contributed by atoms with E-state index >= 15 is 0 Å². The van der Waals surface area contributed by atoms with Crippen molar-refractivity contribution < 1.29 is 27.7 Å². The van der Waals surface area contributed by atoms with E-state index in [1.165, 1.54) is 6.92 Å². The first kappa shape index (κ1) is 24.4. The van der Waals surface area contributed by atoms with Crippen molar-refractivity contribution in [2.24, 2.45) is 0 Å². The van der Waals surface area contributed by atoms with E-state index in [1.54, 1.807) is 48.5 Å². The summed E-state index contributed by atoms with van der Waals surface area (Å²) in [4.78, 5) is 10.8. The lowest BCUT2D eigenvalue weighted by Crippen LogP contribution is -2.06. The molecule has 0 fully saturated rings. The Morgan fingerprint density at radius 3 is 1.90 bits per heavy atom. The fourth-order valence-corrected chi connectivity index (χ4v) is 3.75. The molecule has 2 aromatic rings. The Hall–Kier alpha value is -2.82. The van der Waals surface area contributed by atoms with Crippen LogP contribution in [0.1, 0.15) is 33.6 Å². The molecule has 0 saturated heterocycles. The number of rotatable bonds is 12. The van der Waals surface area contributed by atoms with Crippen molar-refractivity contribution in [2.75, 3.05) is 13.2 Å². The van der Waals surface area contributed by atoms with Gasteiger partial charge in [0.1, 0.15) is 18.1 Å². The van der Waals surface area contributed by atoms with Gasteiger partial charge in [-0.15, -0.1) is 0 Å². The van der Waals surface area contributed by atoms with Crippen molar-refractivity contribution in [3.8, 4) is 11.5 Å². The average molecular weight is 444 g/mol. The fraction of sp³-hybridized carbons (Fsp3) is 0.292. The average Bonchev–Trinajstić information content (AvgIpc) is 2.73. The SMILES string of the molecule is CC(=O)OC/C=C(\C)CC/C=C(\C)COP(=O)(Oc1ccccc1)Oc1ccccc1. The summed E-state index contributed by atoms with van der Waals surface area (Å²) in [6.07, 6.45) is 5.49. The monoisotopic (exact) mass is 444 g/mol. The number of phosphoric ester groups is 1. The van der Waals surface area contributed by atoms with Crippen molar-refractivity contribution in [3.05, 3.63) is 84.0 Å². The second-order valence-electron chi connectivity index (χ2n) is 6.97. The van der Waals surface area contributed by atoms with Gasteiger partial charge in [-0.2, -0.15) is 0 Å². The van der Waals surface area contributed by atoms with Crippen molar-refractivity contribution in [3.63, 3.8) is 0 Å². The lowest BCUT2D eigenvalue weighted by Gasteiger charge is -2.19. The number of esters is 1. The predicted molar refractivity (Wildman–Crippen MR) is 121 cm³/mol. The predicted octanol–water partition coefficient (Wildman–Crippen LogP) is 6.51. The summed E-state index contributed by atoms with van der Waals surface area (Å²) in [5.41, 5.74) is 2.03. The second-order valence-corrected chi connectivity index (χ2v) is 8.49. The topological polar surface area (TPSA) is 71.1 Å². The van der Waals surface area contributed by atoms with E-state index in [0.717, 1.165) is 24.0 Å². The normalized spacial score (nSPS) is 12.4. The molecule has 0 bridgehead atoms. The molecule has 2 rings (SSSR count). The van der Waals surface area contributed by atoms with Crippen molar-refractivity contribution in [1.29, 1.82) is 0 Å². The van der Waals surface area contributed by atoms with Gasteiger partial charge in [0.05, 0.1) is 6.61 Å². The van der Waals surface area contributed by atoms with Crippen LogP contribution < -0.4 is 9.05 Å². The lowest BCUT2D eigenvalue weighted by atomic mass is 10.1. The molecular weight excluding hydrogens is 415 g/mol. The van der Waals surface area contributed by atoms with Crippen LogP contribution in [0, 0.1) is 0 Å². The van der Waals surface area contributed by atoms with Crippen LogP contribution in [0.4, 0.5) is 0 Å². The zero-order valence-corrected chi connectivity index (χ0v) is 19.0. The van der Waals surface area contributed by atoms with Gasteiger partial charge in [-0.3, -0.25) is 9.32 Å². The van der Waals surface area contributed by atoms with E-state index < -0.39 is 7.82 Å². The van der Waals surface area contributed by atoms with Crippen LogP contribution in [0.3, 0.4) is 0 Å². The highest BCUT2D eigenvalue weighted by atomic mass is 31.2. The Balaban J connectivity index is 1.94. The van der Waals surface area contributed by atoms with Gasteiger partial charge in [-0.05, 0) is 57.0 Å². The summed E-state index contributed by atoms with van der Waals surface area (Å²) >= 11 is 0. The highest BCUT2D eigenvalue weighted by Gasteiger charge is 2.30. The largest absolute Gasteiger partial charge is 0.587 e. The first-order chi connectivity index (χ1) is 14.9. The van der Waals surface area contributed by atoms with Crippen LogP contribution in [0.5, 0.6) is 11.5 Å². The number of phosphoric acid groups is 1. The number of allylic oxidation sites excluding steroid dienone is 2. The van der Waals surface area contributed by atoms with E-state index in [2.05, 4.69) is 0 Å². The van der Waals surface area contributed by atoms with Gasteiger partial charge in [0.2, 0.25) is 0 Å². The third-order valence-corrected chi connectivity index (χ3v) is 5.44. The smallest absolute Gasteiger partial charge is 0.462 e. The maximum absolute atomic E-state index is 13.3. The molecule has 2 aromatic carbocycles. The number of carbonyl (C=O) groups excluding carboxylic acids is 1. The van der Waals surface area contributed by atoms with Crippen LogP contribution in [-0.2, 0) is 18.6 Å². The lowest BCUT2D eigenvalue weighted by molar-refractivity contribution is -0.139. The van der Waals surface area contributed by atoms with E-state index in [-0.39, 0.29) is 19.2 Å². The highest BCUT2D eigenvalue weighted by molar-refractivity contribution is 7.49. The summed E-state index contributed by atoms with van der Waals surface area (Å²) in [5.74, 6) is 0.505. The molecule has 0 aliphatic heterocycles. The molecule has 0 spiro atoms. The zero-order chi connectivity index (χ0) is 22.5. The van der Waals surface area contributed by atoms with Gasteiger partial charge >= 0.3 is 13.8 Å². The minimum Gasteiger partial charge on any atom is -0.462 e. The van der Waals surface area contributed by atoms with Crippen LogP contribution in [0.15, 0.2) is 84.0 Å². The number of ether oxygens (including phenoxy) is 1. The third-order valence-electron chi connectivity index (χ3n) is 4.12. The Labute approximate surface area is 184 Å². The molecule has 0 atom stereocenters. The number of para-hydroxylation sites is 2. The molecular formula is C24H29O6P. The van der Waals surface area contributed by atoms with E-state index in [0.29, 0.717) is 11.5 Å². The van der Waals surface area contributed by atoms with E-state index in [9.17, 15) is 9.36 Å². The molecule has 0 aliphatic carbocycles. The van der Waals surface area contributed by atoms with Crippen LogP contribution in [0.25, 0.3) is 0 Å². The minimum atomic E-state index is -3.89. The molecule has 0 aromatic heterocycles. The number of benzene rings is 2. The molecule has 0 unspecified atom stereocenters. The summed E-state index contributed by atoms with van der Waals surface area (Å²) in [6, 6.07) is 17.6. The minimum absolute atomic E-state index is 0.104. The van der Waals surface area contributed by atoms with Crippen molar-refractivity contribution in [2.45, 2.75) is 33.6 Å². The fourth-order valence-electron chi connectivity index (χ4n) is 2.48. The van der Waals surface area contributed by atoms with Gasteiger partial charge in [0.15, 0.2) is 0 Å². The standard InChI is InChI=1S/C24H29O6P/c1-20(17-18-27-22(3)25)11-10-12-21(2)19-28-31(26,29-23-13-6-4-7-14-23)30-24-15-8-5-9-16-24/h4-9,12-17H,10-11,18-19H2,1-3H3/b20-17+,21-12+. The quantitative estimate of drug-likeness (QED) is 0.211. The molecule has 0 aliphatic rings. The molecule has 31 heavy (non-hydrogen) atoms. The summed E-state index contributed by atoms with van der Waals surface area (Å²) in [6.45, 7) is 5.65. The maximum Gasteiger partial charge on any atom is 0.587 e. The second kappa shape index (κ2) is 12.8. The molecule has 0 heterocycles. The van der Waals surface area contributed by atoms with Gasteiger partial charge in [-0.1, -0.05) is 53.6 Å². The zero-order valence-electron chi connectivity index (χ0n) is 18.2. The van der Waals surface area contributed by atoms with Crippen LogP contribution in [0.2, 0.25) is 0 Å².